The Balaban J connectivity index is 2.41. The third-order valence-electron chi connectivity index (χ3n) is 2.09. The Morgan fingerprint density at radius 3 is 2.83 bits per heavy atom. The summed E-state index contributed by atoms with van der Waals surface area (Å²) in [4.78, 5) is 14.6. The van der Waals surface area contributed by atoms with E-state index in [-0.39, 0.29) is 5.92 Å². The zero-order valence-electron chi connectivity index (χ0n) is 6.86. The van der Waals surface area contributed by atoms with Gasteiger partial charge in [0, 0.05) is 12.5 Å². The molecule has 1 aliphatic rings. The standard InChI is InChI=1S/C7H14N4O/c8-5(7(10)12)3-4-1-2-11-6(4)9/h4-5H,1-3,8H2,(H2,9,11)(H2,10,12)/t4-,5-/m0/s1. The first-order valence-corrected chi connectivity index (χ1v) is 3.96. The van der Waals surface area contributed by atoms with E-state index in [0.717, 1.165) is 13.0 Å². The number of hydrogen-bond acceptors (Lipinski definition) is 4. The number of aliphatic imine (C=N–C) groups is 1. The van der Waals surface area contributed by atoms with Gasteiger partial charge in [0.15, 0.2) is 0 Å². The summed E-state index contributed by atoms with van der Waals surface area (Å²) >= 11 is 0. The van der Waals surface area contributed by atoms with Gasteiger partial charge >= 0.3 is 0 Å². The molecule has 1 heterocycles. The molecule has 6 N–H and O–H groups in total. The van der Waals surface area contributed by atoms with Gasteiger partial charge in [-0.25, -0.2) is 0 Å². The van der Waals surface area contributed by atoms with Crippen molar-refractivity contribution in [3.05, 3.63) is 0 Å². The third kappa shape index (κ3) is 1.94. The van der Waals surface area contributed by atoms with E-state index in [1.54, 1.807) is 0 Å². The van der Waals surface area contributed by atoms with Crippen molar-refractivity contribution < 1.29 is 4.79 Å². The van der Waals surface area contributed by atoms with Gasteiger partial charge in [-0.05, 0) is 12.8 Å². The van der Waals surface area contributed by atoms with Crippen molar-refractivity contribution in [2.45, 2.75) is 18.9 Å². The van der Waals surface area contributed by atoms with Crippen LogP contribution < -0.4 is 17.2 Å². The van der Waals surface area contributed by atoms with Crippen molar-refractivity contribution in [1.29, 1.82) is 0 Å². The second kappa shape index (κ2) is 3.53. The van der Waals surface area contributed by atoms with Gasteiger partial charge in [0.05, 0.1) is 11.9 Å². The number of amidine groups is 1. The van der Waals surface area contributed by atoms with E-state index in [1.807, 2.05) is 0 Å². The summed E-state index contributed by atoms with van der Waals surface area (Å²) < 4.78 is 0. The molecular formula is C7H14N4O. The minimum atomic E-state index is -0.596. The van der Waals surface area contributed by atoms with Crippen LogP contribution in [0, 0.1) is 5.92 Å². The summed E-state index contributed by atoms with van der Waals surface area (Å²) in [6.07, 6.45) is 1.40. The number of amides is 1. The molecule has 1 rings (SSSR count). The van der Waals surface area contributed by atoms with E-state index in [4.69, 9.17) is 17.2 Å². The normalized spacial score (nSPS) is 25.1. The topological polar surface area (TPSA) is 107 Å². The smallest absolute Gasteiger partial charge is 0.234 e. The average Bonchev–Trinajstić information content (AvgIpc) is 2.36. The van der Waals surface area contributed by atoms with E-state index < -0.39 is 11.9 Å². The maximum atomic E-state index is 10.6. The number of carbonyl (C=O) groups excluding carboxylic acids is 1. The lowest BCUT2D eigenvalue weighted by Crippen LogP contribution is -2.39. The highest BCUT2D eigenvalue weighted by Gasteiger charge is 2.23. The van der Waals surface area contributed by atoms with Crippen LogP contribution in [0.2, 0.25) is 0 Å². The van der Waals surface area contributed by atoms with Crippen molar-refractivity contribution in [1.82, 2.24) is 0 Å². The molecule has 0 saturated heterocycles. The van der Waals surface area contributed by atoms with Crippen LogP contribution in [0.15, 0.2) is 4.99 Å². The van der Waals surface area contributed by atoms with Crippen LogP contribution in [-0.2, 0) is 4.79 Å². The molecule has 0 spiro atoms. The first kappa shape index (κ1) is 8.99. The summed E-state index contributed by atoms with van der Waals surface area (Å²) in [6, 6.07) is -0.596. The molecule has 12 heavy (non-hydrogen) atoms. The molecule has 1 aliphatic heterocycles. The summed E-state index contributed by atoms with van der Waals surface area (Å²) in [5, 5.41) is 0. The maximum Gasteiger partial charge on any atom is 0.234 e. The molecule has 68 valence electrons. The monoisotopic (exact) mass is 170 g/mol. The molecule has 5 nitrogen and oxygen atoms in total. The molecule has 0 aliphatic carbocycles. The van der Waals surface area contributed by atoms with E-state index in [1.165, 1.54) is 0 Å². The summed E-state index contributed by atoms with van der Waals surface area (Å²) in [6.45, 7) is 0.738. The van der Waals surface area contributed by atoms with Gasteiger partial charge in [-0.1, -0.05) is 0 Å². The van der Waals surface area contributed by atoms with Gasteiger partial charge < -0.3 is 17.2 Å². The summed E-state index contributed by atoms with van der Waals surface area (Å²) in [5.41, 5.74) is 16.1. The zero-order valence-corrected chi connectivity index (χ0v) is 6.86. The molecule has 0 unspecified atom stereocenters. The number of nitrogens with two attached hydrogens (primary N) is 3. The van der Waals surface area contributed by atoms with Crippen LogP contribution in [0.25, 0.3) is 0 Å². The van der Waals surface area contributed by atoms with Crippen molar-refractivity contribution >= 4 is 11.7 Å². The van der Waals surface area contributed by atoms with E-state index in [0.29, 0.717) is 12.3 Å². The number of nitrogens with zero attached hydrogens (tertiary/aromatic N) is 1. The molecule has 0 fully saturated rings. The van der Waals surface area contributed by atoms with Gasteiger partial charge in [-0.3, -0.25) is 9.79 Å². The fraction of sp³-hybridized carbons (Fsp3) is 0.714. The Bertz CT molecular complexity index is 213. The minimum Gasteiger partial charge on any atom is -0.387 e. The Morgan fingerprint density at radius 1 is 1.75 bits per heavy atom. The van der Waals surface area contributed by atoms with Gasteiger partial charge in [0.2, 0.25) is 5.91 Å². The molecule has 5 heteroatoms. The molecule has 0 saturated carbocycles. The number of rotatable bonds is 3. The SMILES string of the molecule is NC(=O)[C@@H](N)C[C@@H]1CCN=C1N. The molecular weight excluding hydrogens is 156 g/mol. The Labute approximate surface area is 71.0 Å². The summed E-state index contributed by atoms with van der Waals surface area (Å²) in [5.74, 6) is 0.272. The summed E-state index contributed by atoms with van der Waals surface area (Å²) in [7, 11) is 0. The van der Waals surface area contributed by atoms with Crippen LogP contribution in [-0.4, -0.2) is 24.3 Å². The Hall–Kier alpha value is -1.10. The van der Waals surface area contributed by atoms with Crippen molar-refractivity contribution in [2.75, 3.05) is 6.54 Å². The molecule has 0 radical (unpaired) electrons. The van der Waals surface area contributed by atoms with Gasteiger partial charge in [0.1, 0.15) is 0 Å². The predicted molar refractivity (Wildman–Crippen MR) is 46.4 cm³/mol. The maximum absolute atomic E-state index is 10.6. The second-order valence-corrected chi connectivity index (χ2v) is 3.04. The number of primary amides is 1. The van der Waals surface area contributed by atoms with Crippen molar-refractivity contribution in [2.24, 2.45) is 28.1 Å². The van der Waals surface area contributed by atoms with E-state index in [2.05, 4.69) is 4.99 Å². The van der Waals surface area contributed by atoms with E-state index in [9.17, 15) is 4.79 Å². The van der Waals surface area contributed by atoms with Gasteiger partial charge in [-0.15, -0.1) is 0 Å². The highest BCUT2D eigenvalue weighted by molar-refractivity contribution is 5.86. The number of carbonyl (C=O) groups is 1. The van der Waals surface area contributed by atoms with Crippen LogP contribution in [0.4, 0.5) is 0 Å². The first-order valence-electron chi connectivity index (χ1n) is 3.96. The minimum absolute atomic E-state index is 0.146. The predicted octanol–water partition coefficient (Wildman–Crippen LogP) is -1.43. The van der Waals surface area contributed by atoms with Crippen molar-refractivity contribution in [3.63, 3.8) is 0 Å². The second-order valence-electron chi connectivity index (χ2n) is 3.04. The lowest BCUT2D eigenvalue weighted by atomic mass is 9.98. The van der Waals surface area contributed by atoms with Gasteiger partial charge in [0.25, 0.3) is 0 Å². The number of hydrogen-bond donors (Lipinski definition) is 3. The lowest BCUT2D eigenvalue weighted by Gasteiger charge is -2.12. The first-order chi connectivity index (χ1) is 5.61. The molecule has 0 bridgehead atoms. The van der Waals surface area contributed by atoms with Crippen LogP contribution >= 0.6 is 0 Å². The molecule has 1 amide bonds. The highest BCUT2D eigenvalue weighted by Crippen LogP contribution is 2.16. The Morgan fingerprint density at radius 2 is 2.42 bits per heavy atom. The zero-order chi connectivity index (χ0) is 9.14. The van der Waals surface area contributed by atoms with Crippen LogP contribution in [0.5, 0.6) is 0 Å². The molecule has 2 atom stereocenters. The van der Waals surface area contributed by atoms with Crippen LogP contribution in [0.3, 0.4) is 0 Å². The average molecular weight is 170 g/mol. The van der Waals surface area contributed by atoms with E-state index >= 15 is 0 Å². The quantitative estimate of drug-likeness (QED) is 0.483. The fourth-order valence-electron chi connectivity index (χ4n) is 1.29. The lowest BCUT2D eigenvalue weighted by molar-refractivity contribution is -0.119. The largest absolute Gasteiger partial charge is 0.387 e. The molecule has 0 aromatic heterocycles. The Kier molecular flexibility index (Phi) is 2.65. The molecule has 0 aromatic rings. The highest BCUT2D eigenvalue weighted by atomic mass is 16.1. The van der Waals surface area contributed by atoms with Crippen molar-refractivity contribution in [3.8, 4) is 0 Å². The fourth-order valence-corrected chi connectivity index (χ4v) is 1.29. The van der Waals surface area contributed by atoms with Crippen LogP contribution in [0.1, 0.15) is 12.8 Å². The van der Waals surface area contributed by atoms with Gasteiger partial charge in [-0.2, -0.15) is 0 Å². The molecule has 0 aromatic carbocycles. The third-order valence-corrected chi connectivity index (χ3v) is 2.09.